The first-order valence-electron chi connectivity index (χ1n) is 5.02. The number of hydrogen-bond acceptors (Lipinski definition) is 3. The Morgan fingerprint density at radius 2 is 2.25 bits per heavy atom. The van der Waals surface area contributed by atoms with Crippen LogP contribution in [0.5, 0.6) is 0 Å². The topological polar surface area (TPSA) is 55.9 Å². The summed E-state index contributed by atoms with van der Waals surface area (Å²) in [5.74, 6) is 5.15. The summed E-state index contributed by atoms with van der Waals surface area (Å²) in [6, 6.07) is 0.598. The molecule has 7 heteroatoms. The van der Waals surface area contributed by atoms with Gasteiger partial charge in [0.15, 0.2) is 0 Å². The van der Waals surface area contributed by atoms with Crippen LogP contribution in [0.1, 0.15) is 31.5 Å². The van der Waals surface area contributed by atoms with Gasteiger partial charge in [-0.2, -0.15) is 18.3 Å². The molecule has 0 saturated carbocycles. The maximum Gasteiger partial charge on any atom is 0.391 e. The van der Waals surface area contributed by atoms with Crippen molar-refractivity contribution in [3.63, 3.8) is 0 Å². The lowest BCUT2D eigenvalue weighted by Crippen LogP contribution is -2.33. The van der Waals surface area contributed by atoms with E-state index in [1.807, 2.05) is 6.92 Å². The third-order valence-electron chi connectivity index (χ3n) is 2.18. The first-order valence-corrected chi connectivity index (χ1v) is 5.02. The largest absolute Gasteiger partial charge is 0.391 e. The van der Waals surface area contributed by atoms with E-state index in [-0.39, 0.29) is 0 Å². The minimum absolute atomic E-state index is 0.460. The van der Waals surface area contributed by atoms with Gasteiger partial charge < -0.3 is 0 Å². The Morgan fingerprint density at radius 3 is 2.75 bits per heavy atom. The van der Waals surface area contributed by atoms with Crippen LogP contribution in [-0.2, 0) is 6.54 Å². The second-order valence-electron chi connectivity index (χ2n) is 3.52. The maximum absolute atomic E-state index is 12.3. The second kappa shape index (κ2) is 5.31. The maximum atomic E-state index is 12.3. The summed E-state index contributed by atoms with van der Waals surface area (Å²) in [7, 11) is 0. The molecule has 1 aromatic heterocycles. The summed E-state index contributed by atoms with van der Waals surface area (Å²) in [5.41, 5.74) is 2.64. The third-order valence-corrected chi connectivity index (χ3v) is 2.18. The molecule has 0 radical (unpaired) electrons. The molecule has 1 aromatic rings. The summed E-state index contributed by atoms with van der Waals surface area (Å²) in [6.07, 6.45) is -2.97. The quantitative estimate of drug-likeness (QED) is 0.605. The van der Waals surface area contributed by atoms with Crippen LogP contribution in [-0.4, -0.2) is 16.0 Å². The Kier molecular flexibility index (Phi) is 4.31. The zero-order chi connectivity index (χ0) is 12.2. The van der Waals surface area contributed by atoms with Gasteiger partial charge in [-0.25, -0.2) is 0 Å². The summed E-state index contributed by atoms with van der Waals surface area (Å²) < 4.78 is 38.4. The van der Waals surface area contributed by atoms with Gasteiger partial charge in [0.1, 0.15) is 0 Å². The van der Waals surface area contributed by atoms with Crippen molar-refractivity contribution in [3.05, 3.63) is 18.0 Å². The Balaban J connectivity index is 2.82. The Morgan fingerprint density at radius 1 is 1.56 bits per heavy atom. The van der Waals surface area contributed by atoms with Crippen LogP contribution in [0.25, 0.3) is 0 Å². The highest BCUT2D eigenvalue weighted by atomic mass is 19.4. The van der Waals surface area contributed by atoms with Crippen LogP contribution < -0.4 is 11.3 Å². The van der Waals surface area contributed by atoms with Gasteiger partial charge in [0, 0.05) is 12.7 Å². The number of aryl methyl sites for hydroxylation is 1. The highest BCUT2D eigenvalue weighted by Gasteiger charge is 2.33. The molecule has 0 spiro atoms. The first-order chi connectivity index (χ1) is 7.48. The molecule has 1 heterocycles. The molecule has 16 heavy (non-hydrogen) atoms. The zero-order valence-corrected chi connectivity index (χ0v) is 8.96. The number of halogens is 3. The molecule has 0 fully saturated rings. The molecular weight excluding hydrogens is 221 g/mol. The molecule has 1 rings (SSSR count). The van der Waals surface area contributed by atoms with Crippen molar-refractivity contribution in [2.45, 2.75) is 38.5 Å². The predicted octanol–water partition coefficient (Wildman–Crippen LogP) is 1.75. The van der Waals surface area contributed by atoms with Crippen molar-refractivity contribution in [1.82, 2.24) is 15.2 Å². The third kappa shape index (κ3) is 3.49. The first kappa shape index (κ1) is 13.0. The van der Waals surface area contributed by atoms with E-state index in [9.17, 15) is 13.2 Å². The number of hydrazine groups is 1. The zero-order valence-electron chi connectivity index (χ0n) is 8.96. The number of nitrogens with two attached hydrogens (primary N) is 1. The van der Waals surface area contributed by atoms with E-state index in [4.69, 9.17) is 5.84 Å². The standard InChI is InChI=1S/C9H15F3N4/c1-2-5-16-8(3-4-14-16)7(15-13)6-9(10,11)12/h3-4,7,15H,2,5-6,13H2,1H3. The predicted molar refractivity (Wildman–Crippen MR) is 53.3 cm³/mol. The lowest BCUT2D eigenvalue weighted by molar-refractivity contribution is -0.140. The summed E-state index contributed by atoms with van der Waals surface area (Å²) in [6.45, 7) is 2.51. The molecule has 92 valence electrons. The molecule has 0 aliphatic heterocycles. The average molecular weight is 236 g/mol. The Bertz CT molecular complexity index is 321. The summed E-state index contributed by atoms with van der Waals surface area (Å²) in [5, 5.41) is 3.96. The van der Waals surface area contributed by atoms with Gasteiger partial charge >= 0.3 is 6.18 Å². The van der Waals surface area contributed by atoms with Crippen LogP contribution in [0.3, 0.4) is 0 Å². The van der Waals surface area contributed by atoms with Crippen LogP contribution in [0.2, 0.25) is 0 Å². The molecular formula is C9H15F3N4. The van der Waals surface area contributed by atoms with Crippen LogP contribution >= 0.6 is 0 Å². The van der Waals surface area contributed by atoms with E-state index < -0.39 is 18.6 Å². The van der Waals surface area contributed by atoms with Crippen LogP contribution in [0.15, 0.2) is 12.3 Å². The van der Waals surface area contributed by atoms with Crippen molar-refractivity contribution < 1.29 is 13.2 Å². The fourth-order valence-electron chi connectivity index (χ4n) is 1.52. The number of hydrogen-bond donors (Lipinski definition) is 2. The van der Waals surface area contributed by atoms with E-state index in [0.717, 1.165) is 6.42 Å². The van der Waals surface area contributed by atoms with Gasteiger partial charge in [-0.1, -0.05) is 6.92 Å². The van der Waals surface area contributed by atoms with E-state index >= 15 is 0 Å². The molecule has 3 N–H and O–H groups in total. The number of aromatic nitrogens is 2. The number of nitrogens with zero attached hydrogens (tertiary/aromatic N) is 2. The number of alkyl halides is 3. The molecule has 0 amide bonds. The molecule has 0 saturated heterocycles. The average Bonchev–Trinajstić information content (AvgIpc) is 2.61. The van der Waals surface area contributed by atoms with Crippen molar-refractivity contribution in [3.8, 4) is 0 Å². The van der Waals surface area contributed by atoms with Gasteiger partial charge in [0.25, 0.3) is 0 Å². The highest BCUT2D eigenvalue weighted by Crippen LogP contribution is 2.28. The second-order valence-corrected chi connectivity index (χ2v) is 3.52. The van der Waals surface area contributed by atoms with E-state index in [2.05, 4.69) is 10.5 Å². The van der Waals surface area contributed by atoms with Crippen LogP contribution in [0.4, 0.5) is 13.2 Å². The normalized spacial score (nSPS) is 14.1. The lowest BCUT2D eigenvalue weighted by atomic mass is 10.1. The molecule has 4 nitrogen and oxygen atoms in total. The minimum Gasteiger partial charge on any atom is -0.271 e. The van der Waals surface area contributed by atoms with Crippen molar-refractivity contribution >= 4 is 0 Å². The number of rotatable bonds is 5. The van der Waals surface area contributed by atoms with Gasteiger partial charge in [0.2, 0.25) is 0 Å². The van der Waals surface area contributed by atoms with Gasteiger partial charge in [-0.15, -0.1) is 0 Å². The summed E-state index contributed by atoms with van der Waals surface area (Å²) >= 11 is 0. The molecule has 0 aliphatic rings. The lowest BCUT2D eigenvalue weighted by Gasteiger charge is -2.18. The van der Waals surface area contributed by atoms with Crippen molar-refractivity contribution in [2.75, 3.05) is 0 Å². The Hall–Kier alpha value is -1.08. The van der Waals surface area contributed by atoms with Crippen LogP contribution in [0, 0.1) is 0 Å². The van der Waals surface area contributed by atoms with Crippen molar-refractivity contribution in [2.24, 2.45) is 5.84 Å². The van der Waals surface area contributed by atoms with Gasteiger partial charge in [0.05, 0.1) is 18.2 Å². The fourth-order valence-corrected chi connectivity index (χ4v) is 1.52. The SMILES string of the molecule is CCCn1nccc1C(CC(F)(F)F)NN. The summed E-state index contributed by atoms with van der Waals surface area (Å²) in [4.78, 5) is 0. The van der Waals surface area contributed by atoms with E-state index in [1.165, 1.54) is 10.9 Å². The molecule has 1 unspecified atom stereocenters. The molecule has 0 aliphatic carbocycles. The minimum atomic E-state index is -4.25. The smallest absolute Gasteiger partial charge is 0.271 e. The van der Waals surface area contributed by atoms with Crippen molar-refractivity contribution in [1.29, 1.82) is 0 Å². The number of nitrogens with one attached hydrogen (secondary N) is 1. The fraction of sp³-hybridized carbons (Fsp3) is 0.667. The molecule has 0 bridgehead atoms. The van der Waals surface area contributed by atoms with Gasteiger partial charge in [-0.3, -0.25) is 16.0 Å². The monoisotopic (exact) mass is 236 g/mol. The Labute approximate surface area is 91.6 Å². The van der Waals surface area contributed by atoms with E-state index in [1.54, 1.807) is 6.07 Å². The van der Waals surface area contributed by atoms with Gasteiger partial charge in [-0.05, 0) is 12.5 Å². The molecule has 0 aromatic carbocycles. The molecule has 1 atom stereocenters. The highest BCUT2D eigenvalue weighted by molar-refractivity contribution is 5.07. The van der Waals surface area contributed by atoms with E-state index in [0.29, 0.717) is 12.2 Å².